The summed E-state index contributed by atoms with van der Waals surface area (Å²) in [4.78, 5) is 4.30. The maximum Gasteiger partial charge on any atom is 0.178 e. The first-order chi connectivity index (χ1) is 14.7. The van der Waals surface area contributed by atoms with Crippen molar-refractivity contribution >= 4 is 29.0 Å². The number of aromatic amines is 1. The van der Waals surface area contributed by atoms with Crippen molar-refractivity contribution in [1.29, 1.82) is 0 Å². The molecule has 4 rings (SSSR count). The van der Waals surface area contributed by atoms with E-state index in [2.05, 4.69) is 56.8 Å². The second-order valence-electron chi connectivity index (χ2n) is 7.52. The van der Waals surface area contributed by atoms with Crippen LogP contribution in [0.15, 0.2) is 66.7 Å². The molecule has 4 aromatic rings. The predicted molar refractivity (Wildman–Crippen MR) is 122 cm³/mol. The Morgan fingerprint density at radius 1 is 1.00 bits per heavy atom. The van der Waals surface area contributed by atoms with Gasteiger partial charge < -0.3 is 10.3 Å². The third-order valence-corrected chi connectivity index (χ3v) is 6.13. The van der Waals surface area contributed by atoms with E-state index in [1.54, 1.807) is 0 Å². The summed E-state index contributed by atoms with van der Waals surface area (Å²) in [6.45, 7) is 0. The molecular weight excluding hydrogens is 394 g/mol. The van der Waals surface area contributed by atoms with E-state index < -0.39 is 0 Å². The third-order valence-electron chi connectivity index (χ3n) is 5.41. The summed E-state index contributed by atoms with van der Waals surface area (Å²) < 4.78 is 10.0. The molecule has 2 unspecified atom stereocenters. The number of pyridine rings is 1. The van der Waals surface area contributed by atoms with E-state index in [-0.39, 0.29) is 11.2 Å². The summed E-state index contributed by atoms with van der Waals surface area (Å²) in [5.41, 5.74) is 11.0. The van der Waals surface area contributed by atoms with E-state index in [0.717, 1.165) is 48.8 Å². The average molecular weight is 420 g/mol. The van der Waals surface area contributed by atoms with Gasteiger partial charge in [-0.2, -0.15) is 0 Å². The number of H-pyrrole nitrogens is 1. The SMILES string of the molecule is Nc1cc(C(Cc2ccccc2)CC(CCc2ccccc2)SO)c2nn[nH]c2n1. The molecule has 0 radical (unpaired) electrons. The van der Waals surface area contributed by atoms with Crippen molar-refractivity contribution in [2.24, 2.45) is 0 Å². The molecule has 0 aliphatic carbocycles. The van der Waals surface area contributed by atoms with Crippen LogP contribution in [0, 0.1) is 0 Å². The monoisotopic (exact) mass is 419 g/mol. The zero-order chi connectivity index (χ0) is 20.8. The highest BCUT2D eigenvalue weighted by Gasteiger charge is 2.23. The Bertz CT molecular complexity index is 1070. The summed E-state index contributed by atoms with van der Waals surface area (Å²) in [5, 5.41) is 11.1. The molecule has 0 spiro atoms. The van der Waals surface area contributed by atoms with Gasteiger partial charge in [0.2, 0.25) is 0 Å². The number of anilines is 1. The van der Waals surface area contributed by atoms with Crippen LogP contribution >= 0.6 is 12.0 Å². The fourth-order valence-electron chi connectivity index (χ4n) is 3.92. The van der Waals surface area contributed by atoms with Crippen molar-refractivity contribution in [2.45, 2.75) is 36.9 Å². The number of nitrogen functional groups attached to an aromatic ring is 1. The lowest BCUT2D eigenvalue weighted by Crippen LogP contribution is -2.14. The van der Waals surface area contributed by atoms with Gasteiger partial charge in [-0.05, 0) is 66.4 Å². The largest absolute Gasteiger partial charge is 0.384 e. The highest BCUT2D eigenvalue weighted by atomic mass is 32.2. The molecule has 0 saturated carbocycles. The minimum atomic E-state index is 0.0928. The minimum Gasteiger partial charge on any atom is -0.384 e. The van der Waals surface area contributed by atoms with Gasteiger partial charge >= 0.3 is 0 Å². The van der Waals surface area contributed by atoms with Crippen LogP contribution in [-0.2, 0) is 12.8 Å². The van der Waals surface area contributed by atoms with Gasteiger partial charge in [-0.3, -0.25) is 0 Å². The molecule has 2 aromatic heterocycles. The van der Waals surface area contributed by atoms with Gasteiger partial charge in [0, 0.05) is 5.25 Å². The number of hydrogen-bond acceptors (Lipinski definition) is 6. The predicted octanol–water partition coefficient (Wildman–Crippen LogP) is 4.86. The lowest BCUT2D eigenvalue weighted by atomic mass is 9.86. The number of nitrogens with two attached hydrogens (primary N) is 1. The topological polar surface area (TPSA) is 101 Å². The van der Waals surface area contributed by atoms with E-state index in [4.69, 9.17) is 5.73 Å². The summed E-state index contributed by atoms with van der Waals surface area (Å²) in [6.07, 6.45) is 3.44. The molecule has 4 N–H and O–H groups in total. The molecule has 0 saturated heterocycles. The van der Waals surface area contributed by atoms with Crippen LogP contribution in [0.2, 0.25) is 0 Å². The summed E-state index contributed by atoms with van der Waals surface area (Å²) in [5.74, 6) is 0.574. The number of fused-ring (bicyclic) bond motifs is 1. The zero-order valence-corrected chi connectivity index (χ0v) is 17.4. The number of benzene rings is 2. The third kappa shape index (κ3) is 4.98. The Morgan fingerprint density at radius 3 is 2.40 bits per heavy atom. The molecule has 6 nitrogen and oxygen atoms in total. The maximum absolute atomic E-state index is 10.0. The molecule has 2 heterocycles. The number of nitrogens with one attached hydrogen (secondary N) is 1. The van der Waals surface area contributed by atoms with Crippen LogP contribution in [0.25, 0.3) is 11.2 Å². The van der Waals surface area contributed by atoms with Gasteiger partial charge in [0.1, 0.15) is 11.3 Å². The molecule has 2 atom stereocenters. The first-order valence-corrected chi connectivity index (χ1v) is 10.9. The van der Waals surface area contributed by atoms with Crippen molar-refractivity contribution < 1.29 is 4.55 Å². The van der Waals surface area contributed by atoms with Crippen LogP contribution in [0.3, 0.4) is 0 Å². The molecule has 0 aliphatic rings. The Balaban J connectivity index is 1.60. The molecule has 2 aromatic carbocycles. The zero-order valence-electron chi connectivity index (χ0n) is 16.6. The van der Waals surface area contributed by atoms with Crippen molar-refractivity contribution in [3.8, 4) is 0 Å². The molecular formula is C23H25N5OS. The van der Waals surface area contributed by atoms with Crippen LogP contribution < -0.4 is 5.73 Å². The van der Waals surface area contributed by atoms with Crippen molar-refractivity contribution in [3.63, 3.8) is 0 Å². The number of rotatable bonds is 9. The Labute approximate surface area is 180 Å². The lowest BCUT2D eigenvalue weighted by Gasteiger charge is -2.23. The quantitative estimate of drug-likeness (QED) is 0.335. The fraction of sp³-hybridized carbons (Fsp3) is 0.261. The van der Waals surface area contributed by atoms with Gasteiger partial charge in [-0.15, -0.1) is 5.10 Å². The fourth-order valence-corrected chi connectivity index (χ4v) is 4.46. The summed E-state index contributed by atoms with van der Waals surface area (Å²) in [7, 11) is 0. The highest BCUT2D eigenvalue weighted by molar-refractivity contribution is 7.94. The average Bonchev–Trinajstić information content (AvgIpc) is 3.25. The van der Waals surface area contributed by atoms with E-state index in [0.29, 0.717) is 11.5 Å². The lowest BCUT2D eigenvalue weighted by molar-refractivity contribution is 0.556. The maximum atomic E-state index is 10.0. The van der Waals surface area contributed by atoms with Gasteiger partial charge in [0.05, 0.1) is 0 Å². The van der Waals surface area contributed by atoms with Crippen molar-refractivity contribution in [1.82, 2.24) is 20.4 Å². The molecule has 0 amide bonds. The standard InChI is InChI=1S/C23H25N5OS/c24-21-15-20(22-23(25-21)27-28-26-22)18(13-17-9-5-2-6-10-17)14-19(30-29)12-11-16-7-3-1-4-8-16/h1-10,15,18-19,29H,11-14H2,(H3,24,25,26,27,28). The normalized spacial score (nSPS) is 13.4. The number of hydrogen-bond donors (Lipinski definition) is 3. The first-order valence-electron chi connectivity index (χ1n) is 10.1. The molecule has 7 heteroatoms. The van der Waals surface area contributed by atoms with Gasteiger partial charge in [-0.1, -0.05) is 65.9 Å². The van der Waals surface area contributed by atoms with Gasteiger partial charge in [0.25, 0.3) is 0 Å². The Kier molecular flexibility index (Phi) is 6.61. The van der Waals surface area contributed by atoms with Crippen LogP contribution in [0.5, 0.6) is 0 Å². The number of nitrogens with zero attached hydrogens (tertiary/aromatic N) is 3. The minimum absolute atomic E-state index is 0.0928. The molecule has 154 valence electrons. The van der Waals surface area contributed by atoms with E-state index in [9.17, 15) is 4.55 Å². The first kappa shape index (κ1) is 20.4. The smallest absolute Gasteiger partial charge is 0.178 e. The van der Waals surface area contributed by atoms with Crippen LogP contribution in [0.1, 0.15) is 35.4 Å². The number of aryl methyl sites for hydroxylation is 1. The summed E-state index contributed by atoms with van der Waals surface area (Å²) >= 11 is 0.944. The van der Waals surface area contributed by atoms with E-state index in [1.807, 2.05) is 30.3 Å². The van der Waals surface area contributed by atoms with Crippen LogP contribution in [0.4, 0.5) is 5.82 Å². The molecule has 30 heavy (non-hydrogen) atoms. The van der Waals surface area contributed by atoms with Gasteiger partial charge in [0.15, 0.2) is 5.65 Å². The molecule has 0 aliphatic heterocycles. The second-order valence-corrected chi connectivity index (χ2v) is 8.40. The highest BCUT2D eigenvalue weighted by Crippen LogP contribution is 2.34. The van der Waals surface area contributed by atoms with Crippen molar-refractivity contribution in [2.75, 3.05) is 5.73 Å². The van der Waals surface area contributed by atoms with Gasteiger partial charge in [-0.25, -0.2) is 10.1 Å². The van der Waals surface area contributed by atoms with Crippen LogP contribution in [-0.4, -0.2) is 30.2 Å². The van der Waals surface area contributed by atoms with Crippen molar-refractivity contribution in [3.05, 3.63) is 83.4 Å². The summed E-state index contributed by atoms with van der Waals surface area (Å²) in [6, 6.07) is 22.6. The van der Waals surface area contributed by atoms with E-state index in [1.165, 1.54) is 11.1 Å². The Hall–Kier alpha value is -2.90. The second kappa shape index (κ2) is 9.73. The Morgan fingerprint density at radius 2 is 1.70 bits per heavy atom. The molecule has 0 bridgehead atoms. The van der Waals surface area contributed by atoms with E-state index >= 15 is 0 Å². The molecule has 0 fully saturated rings. The number of aromatic nitrogens is 4.